The molecule has 1 saturated heterocycles. The maximum atomic E-state index is 12.1. The van der Waals surface area contributed by atoms with Gasteiger partial charge >= 0.3 is 11.8 Å². The number of piperazine rings is 1. The average molecular weight is 345 g/mol. The first-order chi connectivity index (χ1) is 11.8. The van der Waals surface area contributed by atoms with Gasteiger partial charge in [0.15, 0.2) is 5.82 Å². The zero-order valence-electron chi connectivity index (χ0n) is 14.7. The topological polar surface area (TPSA) is 94.3 Å². The molecule has 0 unspecified atom stereocenters. The number of benzene rings is 1. The van der Waals surface area contributed by atoms with Gasteiger partial charge in [-0.05, 0) is 45.0 Å². The van der Waals surface area contributed by atoms with E-state index in [1.54, 1.807) is 4.90 Å². The van der Waals surface area contributed by atoms with E-state index in [0.717, 1.165) is 24.3 Å². The summed E-state index contributed by atoms with van der Waals surface area (Å²) in [6.45, 7) is 8.36. The van der Waals surface area contributed by atoms with Crippen molar-refractivity contribution in [3.05, 3.63) is 34.7 Å². The summed E-state index contributed by atoms with van der Waals surface area (Å²) in [5.74, 6) is 0.520. The van der Waals surface area contributed by atoms with Crippen molar-refractivity contribution in [2.24, 2.45) is 0 Å². The van der Waals surface area contributed by atoms with Crippen LogP contribution >= 0.6 is 0 Å². The number of ether oxygens (including phenoxy) is 1. The van der Waals surface area contributed by atoms with E-state index < -0.39 is 5.60 Å². The van der Waals surface area contributed by atoms with Crippen molar-refractivity contribution in [3.63, 3.8) is 0 Å². The highest BCUT2D eigenvalue weighted by Gasteiger charge is 2.25. The van der Waals surface area contributed by atoms with Crippen LogP contribution in [0.4, 0.5) is 10.5 Å². The molecule has 8 heteroatoms. The Kier molecular flexibility index (Phi) is 4.52. The maximum Gasteiger partial charge on any atom is 0.410 e. The maximum absolute atomic E-state index is 12.1. The van der Waals surface area contributed by atoms with Gasteiger partial charge < -0.3 is 14.5 Å². The fourth-order valence-electron chi connectivity index (χ4n) is 2.71. The summed E-state index contributed by atoms with van der Waals surface area (Å²) in [7, 11) is 0. The molecule has 25 heavy (non-hydrogen) atoms. The second-order valence-electron chi connectivity index (χ2n) is 7.03. The van der Waals surface area contributed by atoms with Gasteiger partial charge in [-0.1, -0.05) is 0 Å². The third-order valence-corrected chi connectivity index (χ3v) is 3.94. The van der Waals surface area contributed by atoms with Crippen molar-refractivity contribution in [2.45, 2.75) is 26.4 Å². The van der Waals surface area contributed by atoms with Gasteiger partial charge in [0.1, 0.15) is 5.60 Å². The van der Waals surface area contributed by atoms with Crippen molar-refractivity contribution in [2.75, 3.05) is 31.1 Å². The largest absolute Gasteiger partial charge is 0.444 e. The van der Waals surface area contributed by atoms with Crippen LogP contribution in [-0.2, 0) is 4.74 Å². The lowest BCUT2D eigenvalue weighted by atomic mass is 10.1. The summed E-state index contributed by atoms with van der Waals surface area (Å²) in [5.41, 5.74) is 1.12. The van der Waals surface area contributed by atoms with Gasteiger partial charge in [0, 0.05) is 37.4 Å². The number of carbonyl (C=O) groups is 1. The molecule has 134 valence electrons. The summed E-state index contributed by atoms with van der Waals surface area (Å²) in [5, 5.41) is 6.28. The lowest BCUT2D eigenvalue weighted by molar-refractivity contribution is 0.0240. The molecule has 0 bridgehead atoms. The normalized spacial score (nSPS) is 15.3. The Morgan fingerprint density at radius 2 is 1.76 bits per heavy atom. The third-order valence-electron chi connectivity index (χ3n) is 3.94. The van der Waals surface area contributed by atoms with Gasteiger partial charge in [0.2, 0.25) is 0 Å². The van der Waals surface area contributed by atoms with Crippen molar-refractivity contribution < 1.29 is 9.53 Å². The quantitative estimate of drug-likeness (QED) is 0.866. The molecular weight excluding hydrogens is 322 g/mol. The first kappa shape index (κ1) is 17.1. The van der Waals surface area contributed by atoms with Crippen molar-refractivity contribution >= 4 is 11.8 Å². The minimum Gasteiger partial charge on any atom is -0.444 e. The molecule has 0 spiro atoms. The number of hydrogen-bond acceptors (Lipinski definition) is 5. The van der Waals surface area contributed by atoms with Crippen LogP contribution < -0.4 is 10.6 Å². The van der Waals surface area contributed by atoms with Crippen LogP contribution in [0.2, 0.25) is 0 Å². The minimum atomic E-state index is -0.475. The SMILES string of the molecule is CC(C)(C)OC(=O)N1CCN(c2ccc(-c3n[nH]c(=O)[nH]3)cc2)CC1. The Morgan fingerprint density at radius 3 is 2.28 bits per heavy atom. The van der Waals surface area contributed by atoms with Crippen LogP contribution in [0, 0.1) is 0 Å². The minimum absolute atomic E-state index is 0.259. The summed E-state index contributed by atoms with van der Waals surface area (Å²) in [6, 6.07) is 7.82. The number of nitrogens with zero attached hydrogens (tertiary/aromatic N) is 3. The highest BCUT2D eigenvalue weighted by Crippen LogP contribution is 2.21. The van der Waals surface area contributed by atoms with Crippen molar-refractivity contribution in [3.8, 4) is 11.4 Å². The molecule has 1 aliphatic heterocycles. The van der Waals surface area contributed by atoms with Gasteiger partial charge in [0.05, 0.1) is 0 Å². The second-order valence-corrected chi connectivity index (χ2v) is 7.03. The molecule has 1 aromatic heterocycles. The molecule has 3 rings (SSSR count). The number of rotatable bonds is 2. The fraction of sp³-hybridized carbons (Fsp3) is 0.471. The van der Waals surface area contributed by atoms with Gasteiger partial charge in [-0.15, -0.1) is 0 Å². The first-order valence-corrected chi connectivity index (χ1v) is 8.30. The summed E-state index contributed by atoms with van der Waals surface area (Å²) in [6.07, 6.45) is -0.259. The van der Waals surface area contributed by atoms with Gasteiger partial charge in [-0.2, -0.15) is 5.10 Å². The molecule has 0 atom stereocenters. The fourth-order valence-corrected chi connectivity index (χ4v) is 2.71. The van der Waals surface area contributed by atoms with Crippen LogP contribution in [0.15, 0.2) is 29.1 Å². The van der Waals surface area contributed by atoms with Gasteiger partial charge in [0.25, 0.3) is 0 Å². The van der Waals surface area contributed by atoms with Gasteiger partial charge in [-0.3, -0.25) is 4.98 Å². The number of aromatic amines is 2. The monoisotopic (exact) mass is 345 g/mol. The number of H-pyrrole nitrogens is 2. The predicted molar refractivity (Wildman–Crippen MR) is 94.7 cm³/mol. The van der Waals surface area contributed by atoms with Crippen LogP contribution in [0.25, 0.3) is 11.4 Å². The van der Waals surface area contributed by atoms with E-state index in [9.17, 15) is 9.59 Å². The first-order valence-electron chi connectivity index (χ1n) is 8.30. The number of amides is 1. The van der Waals surface area contributed by atoms with E-state index in [2.05, 4.69) is 20.1 Å². The number of carbonyl (C=O) groups excluding carboxylic acids is 1. The predicted octanol–water partition coefficient (Wildman–Crippen LogP) is 1.82. The third kappa shape index (κ3) is 4.20. The molecule has 1 aromatic carbocycles. The van der Waals surface area contributed by atoms with Crippen LogP contribution in [0.3, 0.4) is 0 Å². The van der Waals surface area contributed by atoms with Crippen molar-refractivity contribution in [1.82, 2.24) is 20.1 Å². The molecule has 2 heterocycles. The number of hydrogen-bond donors (Lipinski definition) is 2. The lowest BCUT2D eigenvalue weighted by Crippen LogP contribution is -2.50. The van der Waals surface area contributed by atoms with E-state index in [-0.39, 0.29) is 11.8 Å². The van der Waals surface area contributed by atoms with Crippen molar-refractivity contribution in [1.29, 1.82) is 0 Å². The molecule has 0 radical (unpaired) electrons. The molecular formula is C17H23N5O3. The standard InChI is InChI=1S/C17H23N5O3/c1-17(2,3)25-16(24)22-10-8-21(9-11-22)13-6-4-12(5-7-13)14-18-15(23)20-19-14/h4-7H,8-11H2,1-3H3,(H2,18,19,20,23). The summed E-state index contributed by atoms with van der Waals surface area (Å²) in [4.78, 5) is 29.8. The van der Waals surface area contributed by atoms with E-state index in [1.165, 1.54) is 0 Å². The van der Waals surface area contributed by atoms with E-state index in [0.29, 0.717) is 18.9 Å². The molecule has 1 fully saturated rings. The molecule has 0 aliphatic carbocycles. The second kappa shape index (κ2) is 6.62. The number of aromatic nitrogens is 3. The molecule has 8 nitrogen and oxygen atoms in total. The van der Waals surface area contributed by atoms with E-state index in [1.807, 2.05) is 45.0 Å². The summed E-state index contributed by atoms with van der Waals surface area (Å²) < 4.78 is 5.41. The highest BCUT2D eigenvalue weighted by molar-refractivity contribution is 5.69. The van der Waals surface area contributed by atoms with E-state index >= 15 is 0 Å². The Bertz CT molecular complexity index is 780. The zero-order valence-corrected chi connectivity index (χ0v) is 14.7. The average Bonchev–Trinajstić information content (AvgIpc) is 3.00. The number of anilines is 1. The smallest absolute Gasteiger partial charge is 0.410 e. The van der Waals surface area contributed by atoms with Crippen LogP contribution in [-0.4, -0.2) is 58.0 Å². The molecule has 1 amide bonds. The van der Waals surface area contributed by atoms with Crippen LogP contribution in [0.5, 0.6) is 0 Å². The van der Waals surface area contributed by atoms with Crippen LogP contribution in [0.1, 0.15) is 20.8 Å². The summed E-state index contributed by atoms with van der Waals surface area (Å²) >= 11 is 0. The highest BCUT2D eigenvalue weighted by atomic mass is 16.6. The Balaban J connectivity index is 1.59. The lowest BCUT2D eigenvalue weighted by Gasteiger charge is -2.36. The van der Waals surface area contributed by atoms with E-state index in [4.69, 9.17) is 4.74 Å². The zero-order chi connectivity index (χ0) is 18.0. The Morgan fingerprint density at radius 1 is 1.12 bits per heavy atom. The molecule has 2 N–H and O–H groups in total. The Hall–Kier alpha value is -2.77. The molecule has 1 aliphatic rings. The Labute approximate surface area is 145 Å². The molecule has 0 saturated carbocycles. The molecule has 2 aromatic rings. The van der Waals surface area contributed by atoms with Gasteiger partial charge in [-0.25, -0.2) is 14.7 Å². The number of nitrogens with one attached hydrogen (secondary N) is 2.